The maximum atomic E-state index is 6.44. The maximum Gasteiger partial charge on any atom is 0.153 e. The summed E-state index contributed by atoms with van der Waals surface area (Å²) in [6.45, 7) is 3.39. The molecule has 0 aliphatic carbocycles. The SMILES string of the molecule is Cc1cc(NCCCN)c2c(Cl)ccc(Oc3ccccc3)c2n1. The Morgan fingerprint density at radius 3 is 2.71 bits per heavy atom. The second kappa shape index (κ2) is 7.51. The molecule has 0 bridgehead atoms. The number of fused-ring (bicyclic) bond motifs is 1. The van der Waals surface area contributed by atoms with E-state index in [4.69, 9.17) is 22.1 Å². The number of hydrogen-bond acceptors (Lipinski definition) is 4. The van der Waals surface area contributed by atoms with Crippen LogP contribution in [0.5, 0.6) is 11.5 Å². The van der Waals surface area contributed by atoms with Crippen LogP contribution in [0.15, 0.2) is 48.5 Å². The summed E-state index contributed by atoms with van der Waals surface area (Å²) in [5.41, 5.74) is 8.18. The summed E-state index contributed by atoms with van der Waals surface area (Å²) in [6, 6.07) is 15.3. The third-order valence-corrected chi connectivity index (χ3v) is 3.98. The predicted octanol–water partition coefficient (Wildman–Crippen LogP) is 4.75. The number of aromatic nitrogens is 1. The summed E-state index contributed by atoms with van der Waals surface area (Å²) >= 11 is 6.44. The highest BCUT2D eigenvalue weighted by Crippen LogP contribution is 2.37. The average Bonchev–Trinajstić information content (AvgIpc) is 2.58. The number of benzene rings is 2. The Morgan fingerprint density at radius 2 is 1.96 bits per heavy atom. The van der Waals surface area contributed by atoms with Gasteiger partial charge in [-0.3, -0.25) is 0 Å². The largest absolute Gasteiger partial charge is 0.455 e. The number of anilines is 1. The summed E-state index contributed by atoms with van der Waals surface area (Å²) in [7, 11) is 0. The van der Waals surface area contributed by atoms with Crippen molar-refractivity contribution in [3.63, 3.8) is 0 Å². The standard InChI is InChI=1S/C19H20ClN3O/c1-13-12-16(22-11-5-10-21)18-15(20)8-9-17(19(18)23-13)24-14-6-3-2-4-7-14/h2-4,6-9,12H,5,10-11,21H2,1H3,(H,22,23). The minimum absolute atomic E-state index is 0.644. The molecule has 124 valence electrons. The van der Waals surface area contributed by atoms with Gasteiger partial charge in [-0.1, -0.05) is 29.8 Å². The lowest BCUT2D eigenvalue weighted by atomic mass is 10.1. The van der Waals surface area contributed by atoms with Gasteiger partial charge in [0, 0.05) is 23.3 Å². The second-order valence-corrected chi connectivity index (χ2v) is 5.97. The van der Waals surface area contributed by atoms with E-state index in [9.17, 15) is 0 Å². The zero-order valence-electron chi connectivity index (χ0n) is 13.6. The number of aryl methyl sites for hydroxylation is 1. The summed E-state index contributed by atoms with van der Waals surface area (Å²) < 4.78 is 6.01. The van der Waals surface area contributed by atoms with E-state index in [1.54, 1.807) is 0 Å². The molecule has 2 aromatic carbocycles. The van der Waals surface area contributed by atoms with Crippen LogP contribution in [0.2, 0.25) is 5.02 Å². The molecule has 0 aliphatic heterocycles. The summed E-state index contributed by atoms with van der Waals surface area (Å²) in [6.07, 6.45) is 0.890. The fourth-order valence-corrected chi connectivity index (χ4v) is 2.82. The summed E-state index contributed by atoms with van der Waals surface area (Å²) in [5.74, 6) is 1.45. The van der Waals surface area contributed by atoms with Gasteiger partial charge in [-0.05, 0) is 50.2 Å². The average molecular weight is 342 g/mol. The highest BCUT2D eigenvalue weighted by atomic mass is 35.5. The van der Waals surface area contributed by atoms with Crippen molar-refractivity contribution in [3.8, 4) is 11.5 Å². The lowest BCUT2D eigenvalue weighted by Crippen LogP contribution is -2.09. The normalized spacial score (nSPS) is 10.8. The number of nitrogens with zero attached hydrogens (tertiary/aromatic N) is 1. The van der Waals surface area contributed by atoms with Gasteiger partial charge in [-0.25, -0.2) is 4.98 Å². The summed E-state index contributed by atoms with van der Waals surface area (Å²) in [5, 5.41) is 4.92. The van der Waals surface area contributed by atoms with Crippen LogP contribution in [0.4, 0.5) is 5.69 Å². The first-order valence-electron chi connectivity index (χ1n) is 7.95. The molecule has 0 fully saturated rings. The Balaban J connectivity index is 2.06. The molecular weight excluding hydrogens is 322 g/mol. The zero-order chi connectivity index (χ0) is 16.9. The number of nitrogens with two attached hydrogens (primary N) is 1. The van der Waals surface area contributed by atoms with Gasteiger partial charge in [-0.15, -0.1) is 0 Å². The van der Waals surface area contributed by atoms with Crippen molar-refractivity contribution in [3.05, 3.63) is 59.2 Å². The number of para-hydroxylation sites is 1. The van der Waals surface area contributed by atoms with Gasteiger partial charge in [-0.2, -0.15) is 0 Å². The molecule has 0 aliphatic rings. The molecule has 4 nitrogen and oxygen atoms in total. The second-order valence-electron chi connectivity index (χ2n) is 5.56. The van der Waals surface area contributed by atoms with Gasteiger partial charge in [0.1, 0.15) is 11.3 Å². The van der Waals surface area contributed by atoms with E-state index < -0.39 is 0 Å². The van der Waals surface area contributed by atoms with Crippen molar-refractivity contribution < 1.29 is 4.74 Å². The first-order valence-corrected chi connectivity index (χ1v) is 8.33. The number of nitrogens with one attached hydrogen (secondary N) is 1. The minimum Gasteiger partial charge on any atom is -0.455 e. The Hall–Kier alpha value is -2.30. The lowest BCUT2D eigenvalue weighted by Gasteiger charge is -2.14. The summed E-state index contributed by atoms with van der Waals surface area (Å²) in [4.78, 5) is 4.65. The van der Waals surface area contributed by atoms with Crippen LogP contribution in [0.25, 0.3) is 10.9 Å². The van der Waals surface area contributed by atoms with Crippen molar-refractivity contribution in [2.24, 2.45) is 5.73 Å². The highest BCUT2D eigenvalue weighted by molar-refractivity contribution is 6.36. The highest BCUT2D eigenvalue weighted by Gasteiger charge is 2.13. The molecule has 0 amide bonds. The Bertz CT molecular complexity index is 837. The van der Waals surface area contributed by atoms with Crippen LogP contribution in [0, 0.1) is 6.92 Å². The van der Waals surface area contributed by atoms with E-state index >= 15 is 0 Å². The molecule has 0 radical (unpaired) electrons. The number of halogens is 1. The van der Waals surface area contributed by atoms with Crippen LogP contribution in [0.1, 0.15) is 12.1 Å². The number of pyridine rings is 1. The molecule has 0 saturated carbocycles. The molecule has 0 saturated heterocycles. The topological polar surface area (TPSA) is 60.2 Å². The van der Waals surface area contributed by atoms with Crippen LogP contribution in [-0.4, -0.2) is 18.1 Å². The molecule has 1 aromatic heterocycles. The van der Waals surface area contributed by atoms with E-state index in [2.05, 4.69) is 10.3 Å². The van der Waals surface area contributed by atoms with Gasteiger partial charge in [0.25, 0.3) is 0 Å². The van der Waals surface area contributed by atoms with Gasteiger partial charge in [0.2, 0.25) is 0 Å². The molecule has 0 spiro atoms. The van der Waals surface area contributed by atoms with Gasteiger partial charge in [0.05, 0.1) is 5.02 Å². The third kappa shape index (κ3) is 3.61. The molecular formula is C19H20ClN3O. The number of rotatable bonds is 6. The van der Waals surface area contributed by atoms with E-state index in [1.807, 2.05) is 55.5 Å². The molecule has 3 rings (SSSR count). The van der Waals surface area contributed by atoms with E-state index in [-0.39, 0.29) is 0 Å². The van der Waals surface area contributed by atoms with Crippen molar-refractivity contribution in [2.75, 3.05) is 18.4 Å². The number of ether oxygens (including phenoxy) is 1. The predicted molar refractivity (Wildman–Crippen MR) is 100 cm³/mol. The van der Waals surface area contributed by atoms with Gasteiger partial charge < -0.3 is 15.8 Å². The number of hydrogen-bond donors (Lipinski definition) is 2. The Kier molecular flexibility index (Phi) is 5.18. The Morgan fingerprint density at radius 1 is 1.17 bits per heavy atom. The van der Waals surface area contributed by atoms with Crippen LogP contribution in [0.3, 0.4) is 0 Å². The van der Waals surface area contributed by atoms with E-state index in [1.165, 1.54) is 0 Å². The monoisotopic (exact) mass is 341 g/mol. The molecule has 5 heteroatoms. The molecule has 0 unspecified atom stereocenters. The van der Waals surface area contributed by atoms with Gasteiger partial charge in [0.15, 0.2) is 5.75 Å². The van der Waals surface area contributed by atoms with Gasteiger partial charge >= 0.3 is 0 Å². The van der Waals surface area contributed by atoms with Crippen LogP contribution >= 0.6 is 11.6 Å². The fraction of sp³-hybridized carbons (Fsp3) is 0.211. The molecule has 0 atom stereocenters. The molecule has 3 aromatic rings. The molecule has 1 heterocycles. The van der Waals surface area contributed by atoms with Crippen molar-refractivity contribution in [1.29, 1.82) is 0 Å². The zero-order valence-corrected chi connectivity index (χ0v) is 14.3. The van der Waals surface area contributed by atoms with E-state index in [0.717, 1.165) is 41.0 Å². The van der Waals surface area contributed by atoms with Crippen LogP contribution in [-0.2, 0) is 0 Å². The first-order chi connectivity index (χ1) is 11.7. The van der Waals surface area contributed by atoms with Crippen molar-refractivity contribution in [1.82, 2.24) is 4.98 Å². The van der Waals surface area contributed by atoms with Crippen molar-refractivity contribution in [2.45, 2.75) is 13.3 Å². The molecule has 24 heavy (non-hydrogen) atoms. The minimum atomic E-state index is 0.644. The smallest absolute Gasteiger partial charge is 0.153 e. The third-order valence-electron chi connectivity index (χ3n) is 3.67. The quantitative estimate of drug-likeness (QED) is 0.635. The first kappa shape index (κ1) is 16.6. The van der Waals surface area contributed by atoms with Crippen LogP contribution < -0.4 is 15.8 Å². The van der Waals surface area contributed by atoms with Crippen molar-refractivity contribution >= 4 is 28.2 Å². The maximum absolute atomic E-state index is 6.44. The lowest BCUT2D eigenvalue weighted by molar-refractivity contribution is 0.487. The Labute approximate surface area is 146 Å². The van der Waals surface area contributed by atoms with E-state index in [0.29, 0.717) is 17.3 Å². The fourth-order valence-electron chi connectivity index (χ4n) is 2.57. The molecule has 3 N–H and O–H groups in total.